The van der Waals surface area contributed by atoms with E-state index in [0.717, 1.165) is 0 Å². The van der Waals surface area contributed by atoms with E-state index in [2.05, 4.69) is 16.9 Å². The molecular weight excluding hydrogens is 254 g/mol. The molecule has 1 rings (SSSR count). The molecule has 1 heterocycles. The average Bonchev–Trinajstić information content (AvgIpc) is 2.78. The van der Waals surface area contributed by atoms with Crippen molar-refractivity contribution in [2.24, 2.45) is 0 Å². The SMILES string of the molecule is C=CC[C@H](CCS(C)(=O)=O)NC(=O)n1ccnc1. The van der Waals surface area contributed by atoms with Crippen LogP contribution in [0.3, 0.4) is 0 Å². The first-order valence-corrected chi connectivity index (χ1v) is 7.56. The zero-order valence-corrected chi connectivity index (χ0v) is 11.1. The molecule has 7 heteroatoms. The van der Waals surface area contributed by atoms with Crippen molar-refractivity contribution in [1.82, 2.24) is 14.9 Å². The predicted molar refractivity (Wildman–Crippen MR) is 69.1 cm³/mol. The molecule has 0 aliphatic heterocycles. The molecule has 0 saturated carbocycles. The Kier molecular flexibility index (Phi) is 5.08. The average molecular weight is 271 g/mol. The quantitative estimate of drug-likeness (QED) is 0.777. The van der Waals surface area contributed by atoms with E-state index in [0.29, 0.717) is 12.8 Å². The minimum atomic E-state index is -3.03. The number of nitrogens with zero attached hydrogens (tertiary/aromatic N) is 2. The number of sulfone groups is 1. The molecule has 0 bridgehead atoms. The second-order valence-corrected chi connectivity index (χ2v) is 6.32. The standard InChI is InChI=1S/C11H17N3O3S/c1-3-4-10(5-8-18(2,16)17)13-11(15)14-7-6-12-9-14/h3,6-7,9-10H,1,4-5,8H2,2H3,(H,13,15)/t10-/m1/s1. The number of nitrogens with one attached hydrogen (secondary N) is 1. The van der Waals surface area contributed by atoms with Crippen LogP contribution < -0.4 is 5.32 Å². The second kappa shape index (κ2) is 6.34. The number of hydrogen-bond acceptors (Lipinski definition) is 4. The van der Waals surface area contributed by atoms with Gasteiger partial charge in [-0.05, 0) is 12.8 Å². The molecule has 1 atom stereocenters. The van der Waals surface area contributed by atoms with Crippen LogP contribution in [-0.4, -0.2) is 42.1 Å². The van der Waals surface area contributed by atoms with Gasteiger partial charge >= 0.3 is 6.03 Å². The lowest BCUT2D eigenvalue weighted by Crippen LogP contribution is -2.38. The van der Waals surface area contributed by atoms with Crippen LogP contribution in [0.2, 0.25) is 0 Å². The highest BCUT2D eigenvalue weighted by Gasteiger charge is 2.14. The van der Waals surface area contributed by atoms with Crippen LogP contribution in [0.4, 0.5) is 4.79 Å². The van der Waals surface area contributed by atoms with Gasteiger partial charge < -0.3 is 5.32 Å². The molecule has 1 aromatic heterocycles. The van der Waals surface area contributed by atoms with E-state index in [1.807, 2.05) is 0 Å². The van der Waals surface area contributed by atoms with Crippen LogP contribution >= 0.6 is 0 Å². The lowest BCUT2D eigenvalue weighted by molar-refractivity contribution is 0.238. The Labute approximate surface area is 107 Å². The topological polar surface area (TPSA) is 81.1 Å². The molecule has 1 N–H and O–H groups in total. The molecule has 0 unspecified atom stereocenters. The predicted octanol–water partition coefficient (Wildman–Crippen LogP) is 0.820. The second-order valence-electron chi connectivity index (χ2n) is 4.06. The molecule has 0 aliphatic carbocycles. The Morgan fingerprint density at radius 2 is 2.33 bits per heavy atom. The third kappa shape index (κ3) is 5.13. The monoisotopic (exact) mass is 271 g/mol. The molecule has 6 nitrogen and oxygen atoms in total. The van der Waals surface area contributed by atoms with Gasteiger partial charge in [-0.1, -0.05) is 6.08 Å². The molecule has 0 radical (unpaired) electrons. The highest BCUT2D eigenvalue weighted by atomic mass is 32.2. The highest BCUT2D eigenvalue weighted by Crippen LogP contribution is 2.02. The molecular formula is C11H17N3O3S. The van der Waals surface area contributed by atoms with Crippen molar-refractivity contribution in [2.75, 3.05) is 12.0 Å². The lowest BCUT2D eigenvalue weighted by atomic mass is 10.1. The van der Waals surface area contributed by atoms with Gasteiger partial charge in [0.05, 0.1) is 5.75 Å². The minimum Gasteiger partial charge on any atom is -0.334 e. The summed E-state index contributed by atoms with van der Waals surface area (Å²) in [5, 5.41) is 2.74. The van der Waals surface area contributed by atoms with Crippen LogP contribution in [0.5, 0.6) is 0 Å². The molecule has 100 valence electrons. The molecule has 0 aliphatic rings. The number of aromatic nitrogens is 2. The summed E-state index contributed by atoms with van der Waals surface area (Å²) in [6.07, 6.45) is 8.13. The van der Waals surface area contributed by atoms with Crippen LogP contribution in [0.25, 0.3) is 0 Å². The van der Waals surface area contributed by atoms with Crippen molar-refractivity contribution in [2.45, 2.75) is 18.9 Å². The van der Waals surface area contributed by atoms with Gasteiger partial charge in [0.2, 0.25) is 0 Å². The fraction of sp³-hybridized carbons (Fsp3) is 0.455. The van der Waals surface area contributed by atoms with Crippen LogP contribution in [0.15, 0.2) is 31.4 Å². The Bertz CT molecular complexity index is 494. The van der Waals surface area contributed by atoms with Gasteiger partial charge in [-0.15, -0.1) is 6.58 Å². The Morgan fingerprint density at radius 1 is 1.61 bits per heavy atom. The Morgan fingerprint density at radius 3 is 2.83 bits per heavy atom. The summed E-state index contributed by atoms with van der Waals surface area (Å²) in [6.45, 7) is 3.60. The van der Waals surface area contributed by atoms with Crippen molar-refractivity contribution in [3.8, 4) is 0 Å². The summed E-state index contributed by atoms with van der Waals surface area (Å²) in [7, 11) is -3.03. The van der Waals surface area contributed by atoms with E-state index in [-0.39, 0.29) is 17.8 Å². The van der Waals surface area contributed by atoms with E-state index in [1.165, 1.54) is 29.5 Å². The molecule has 0 fully saturated rings. The van der Waals surface area contributed by atoms with E-state index in [9.17, 15) is 13.2 Å². The smallest absolute Gasteiger partial charge is 0.327 e. The third-order valence-electron chi connectivity index (χ3n) is 2.35. The van der Waals surface area contributed by atoms with Gasteiger partial charge in [-0.2, -0.15) is 0 Å². The lowest BCUT2D eigenvalue weighted by Gasteiger charge is -2.16. The maximum Gasteiger partial charge on any atom is 0.327 e. The van der Waals surface area contributed by atoms with Gasteiger partial charge in [-0.3, -0.25) is 4.57 Å². The van der Waals surface area contributed by atoms with E-state index in [4.69, 9.17) is 0 Å². The van der Waals surface area contributed by atoms with Crippen molar-refractivity contribution in [3.63, 3.8) is 0 Å². The number of hydrogen-bond donors (Lipinski definition) is 1. The maximum absolute atomic E-state index is 11.7. The zero-order chi connectivity index (χ0) is 13.6. The molecule has 18 heavy (non-hydrogen) atoms. The Balaban J connectivity index is 2.57. The highest BCUT2D eigenvalue weighted by molar-refractivity contribution is 7.90. The van der Waals surface area contributed by atoms with Crippen LogP contribution in [0.1, 0.15) is 12.8 Å². The first kappa shape index (κ1) is 14.4. The van der Waals surface area contributed by atoms with Crippen molar-refractivity contribution in [1.29, 1.82) is 0 Å². The zero-order valence-electron chi connectivity index (χ0n) is 10.2. The van der Waals surface area contributed by atoms with Gasteiger partial charge in [0.1, 0.15) is 16.2 Å². The molecule has 0 aromatic carbocycles. The number of carbonyl (C=O) groups is 1. The molecule has 1 amide bonds. The number of imidazole rings is 1. The summed E-state index contributed by atoms with van der Waals surface area (Å²) >= 11 is 0. The summed E-state index contributed by atoms with van der Waals surface area (Å²) in [5.74, 6) is 0.0374. The summed E-state index contributed by atoms with van der Waals surface area (Å²) in [6, 6.07) is -0.569. The van der Waals surface area contributed by atoms with E-state index in [1.54, 1.807) is 6.08 Å². The van der Waals surface area contributed by atoms with Gasteiger partial charge in [0.25, 0.3) is 0 Å². The van der Waals surface area contributed by atoms with Crippen molar-refractivity contribution in [3.05, 3.63) is 31.4 Å². The normalized spacial score (nSPS) is 12.9. The summed E-state index contributed by atoms with van der Waals surface area (Å²) in [5.41, 5.74) is 0. The van der Waals surface area contributed by atoms with Crippen LogP contribution in [0, 0.1) is 0 Å². The number of amides is 1. The first-order valence-electron chi connectivity index (χ1n) is 5.50. The van der Waals surface area contributed by atoms with E-state index < -0.39 is 9.84 Å². The third-order valence-corrected chi connectivity index (χ3v) is 3.33. The minimum absolute atomic E-state index is 0.0374. The summed E-state index contributed by atoms with van der Waals surface area (Å²) < 4.78 is 23.5. The Hall–Kier alpha value is -1.63. The van der Waals surface area contributed by atoms with Crippen molar-refractivity contribution < 1.29 is 13.2 Å². The summed E-state index contributed by atoms with van der Waals surface area (Å²) in [4.78, 5) is 15.5. The van der Waals surface area contributed by atoms with Gasteiger partial charge in [0.15, 0.2) is 0 Å². The van der Waals surface area contributed by atoms with Crippen LogP contribution in [-0.2, 0) is 9.84 Å². The van der Waals surface area contributed by atoms with Gasteiger partial charge in [0, 0.05) is 24.7 Å². The molecule has 0 spiro atoms. The fourth-order valence-corrected chi connectivity index (χ4v) is 2.15. The van der Waals surface area contributed by atoms with E-state index >= 15 is 0 Å². The van der Waals surface area contributed by atoms with Crippen molar-refractivity contribution >= 4 is 15.9 Å². The number of rotatable bonds is 6. The largest absolute Gasteiger partial charge is 0.334 e. The molecule has 0 saturated heterocycles. The number of carbonyl (C=O) groups excluding carboxylic acids is 1. The van der Waals surface area contributed by atoms with Gasteiger partial charge in [-0.25, -0.2) is 18.2 Å². The maximum atomic E-state index is 11.7. The fourth-order valence-electron chi connectivity index (χ4n) is 1.43. The molecule has 1 aromatic rings. The first-order chi connectivity index (χ1) is 8.42.